The van der Waals surface area contributed by atoms with Crippen molar-refractivity contribution in [3.05, 3.63) is 29.8 Å². The van der Waals surface area contributed by atoms with Crippen molar-refractivity contribution in [2.24, 2.45) is 0 Å². The lowest BCUT2D eigenvalue weighted by Gasteiger charge is -2.26. The lowest BCUT2D eigenvalue weighted by Crippen LogP contribution is -2.46. The first-order chi connectivity index (χ1) is 10.3. The minimum atomic E-state index is -0.164. The van der Waals surface area contributed by atoms with Crippen LogP contribution in [0.25, 0.3) is 0 Å². The van der Waals surface area contributed by atoms with E-state index in [-0.39, 0.29) is 18.0 Å². The standard InChI is InChI=1S/C17H24N2O2/c1-13(17(20)19-10-6-2-3-7-11-19)18-15-12-21-16-9-5-4-8-14(15)16/h4-5,8-9,13,15,18H,2-3,6-7,10-12H2,1H3. The van der Waals surface area contributed by atoms with Crippen molar-refractivity contribution in [1.29, 1.82) is 0 Å². The summed E-state index contributed by atoms with van der Waals surface area (Å²) in [6.45, 7) is 4.39. The fourth-order valence-corrected chi connectivity index (χ4v) is 3.24. The van der Waals surface area contributed by atoms with Gasteiger partial charge >= 0.3 is 0 Å². The second-order valence-electron chi connectivity index (χ2n) is 6.03. The van der Waals surface area contributed by atoms with Gasteiger partial charge in [0.05, 0.1) is 12.1 Å². The molecule has 0 saturated carbocycles. The van der Waals surface area contributed by atoms with Gasteiger partial charge in [-0.15, -0.1) is 0 Å². The molecule has 1 aromatic carbocycles. The van der Waals surface area contributed by atoms with E-state index < -0.39 is 0 Å². The SMILES string of the molecule is CC(NC1COc2ccccc21)C(=O)N1CCCCCC1. The summed E-state index contributed by atoms with van der Waals surface area (Å²) in [7, 11) is 0. The first kappa shape index (κ1) is 14.4. The van der Waals surface area contributed by atoms with Crippen molar-refractivity contribution < 1.29 is 9.53 Å². The average molecular weight is 288 g/mol. The molecule has 2 aliphatic heterocycles. The summed E-state index contributed by atoms with van der Waals surface area (Å²) in [5, 5.41) is 3.44. The fraction of sp³-hybridized carbons (Fsp3) is 0.588. The molecule has 1 N–H and O–H groups in total. The third-order valence-corrected chi connectivity index (χ3v) is 4.44. The number of nitrogens with one attached hydrogen (secondary N) is 1. The molecule has 1 amide bonds. The van der Waals surface area contributed by atoms with Crippen LogP contribution >= 0.6 is 0 Å². The number of nitrogens with zero attached hydrogens (tertiary/aromatic N) is 1. The molecule has 2 unspecified atom stereocenters. The molecule has 0 spiro atoms. The van der Waals surface area contributed by atoms with E-state index >= 15 is 0 Å². The van der Waals surface area contributed by atoms with Crippen LogP contribution < -0.4 is 10.1 Å². The summed E-state index contributed by atoms with van der Waals surface area (Å²) in [6, 6.07) is 8.01. The molecule has 0 bridgehead atoms. The number of likely N-dealkylation sites (tertiary alicyclic amines) is 1. The van der Waals surface area contributed by atoms with Crippen molar-refractivity contribution in [2.75, 3.05) is 19.7 Å². The fourth-order valence-electron chi connectivity index (χ4n) is 3.24. The quantitative estimate of drug-likeness (QED) is 0.929. The summed E-state index contributed by atoms with van der Waals surface area (Å²) >= 11 is 0. The van der Waals surface area contributed by atoms with E-state index in [9.17, 15) is 4.79 Å². The highest BCUT2D eigenvalue weighted by atomic mass is 16.5. The number of hydrogen-bond donors (Lipinski definition) is 1. The third-order valence-electron chi connectivity index (χ3n) is 4.44. The Morgan fingerprint density at radius 3 is 2.71 bits per heavy atom. The van der Waals surface area contributed by atoms with Gasteiger partial charge < -0.3 is 9.64 Å². The van der Waals surface area contributed by atoms with Gasteiger partial charge in [-0.25, -0.2) is 0 Å². The van der Waals surface area contributed by atoms with Crippen molar-refractivity contribution in [3.63, 3.8) is 0 Å². The number of carbonyl (C=O) groups is 1. The number of fused-ring (bicyclic) bond motifs is 1. The molecule has 4 heteroatoms. The maximum absolute atomic E-state index is 12.6. The number of para-hydroxylation sites is 1. The van der Waals surface area contributed by atoms with E-state index in [1.807, 2.05) is 30.0 Å². The largest absolute Gasteiger partial charge is 0.491 e. The van der Waals surface area contributed by atoms with Crippen molar-refractivity contribution in [2.45, 2.75) is 44.7 Å². The minimum Gasteiger partial charge on any atom is -0.491 e. The topological polar surface area (TPSA) is 41.6 Å². The summed E-state index contributed by atoms with van der Waals surface area (Å²) in [5.41, 5.74) is 1.16. The molecule has 1 fully saturated rings. The van der Waals surface area contributed by atoms with Gasteiger partial charge in [0.2, 0.25) is 5.91 Å². The first-order valence-corrected chi connectivity index (χ1v) is 8.02. The Hall–Kier alpha value is -1.55. The second kappa shape index (κ2) is 6.48. The lowest BCUT2D eigenvalue weighted by molar-refractivity contribution is -0.133. The predicted molar refractivity (Wildman–Crippen MR) is 82.3 cm³/mol. The predicted octanol–water partition coefficient (Wildman–Crippen LogP) is 2.50. The Kier molecular flexibility index (Phi) is 4.44. The lowest BCUT2D eigenvalue weighted by atomic mass is 10.1. The van der Waals surface area contributed by atoms with Crippen molar-refractivity contribution >= 4 is 5.91 Å². The molecule has 1 aromatic rings. The smallest absolute Gasteiger partial charge is 0.239 e. The van der Waals surface area contributed by atoms with Crippen LogP contribution in [0.1, 0.15) is 44.2 Å². The normalized spacial score (nSPS) is 23.1. The molecule has 2 atom stereocenters. The van der Waals surface area contributed by atoms with E-state index in [1.165, 1.54) is 12.8 Å². The Morgan fingerprint density at radius 1 is 1.24 bits per heavy atom. The van der Waals surface area contributed by atoms with Crippen LogP contribution in [0.2, 0.25) is 0 Å². The molecule has 0 aliphatic carbocycles. The summed E-state index contributed by atoms with van der Waals surface area (Å²) in [6.07, 6.45) is 4.76. The number of rotatable bonds is 3. The highest BCUT2D eigenvalue weighted by molar-refractivity contribution is 5.81. The number of amides is 1. The Labute approximate surface area is 126 Å². The van der Waals surface area contributed by atoms with Gasteiger partial charge in [0, 0.05) is 18.7 Å². The van der Waals surface area contributed by atoms with Crippen LogP contribution in [0.4, 0.5) is 0 Å². The van der Waals surface area contributed by atoms with Gasteiger partial charge in [-0.05, 0) is 25.8 Å². The minimum absolute atomic E-state index is 0.118. The van der Waals surface area contributed by atoms with E-state index in [1.54, 1.807) is 0 Å². The zero-order valence-corrected chi connectivity index (χ0v) is 12.7. The van der Waals surface area contributed by atoms with Gasteiger partial charge in [-0.2, -0.15) is 0 Å². The van der Waals surface area contributed by atoms with Crippen LogP contribution in [-0.2, 0) is 4.79 Å². The molecule has 21 heavy (non-hydrogen) atoms. The Balaban J connectivity index is 1.61. The molecular weight excluding hydrogens is 264 g/mol. The van der Waals surface area contributed by atoms with E-state index in [0.717, 1.165) is 37.2 Å². The van der Waals surface area contributed by atoms with Crippen LogP contribution in [0, 0.1) is 0 Å². The number of carbonyl (C=O) groups excluding carboxylic acids is 1. The van der Waals surface area contributed by atoms with E-state index in [2.05, 4.69) is 11.4 Å². The van der Waals surface area contributed by atoms with Gasteiger partial charge in [-0.3, -0.25) is 10.1 Å². The number of benzene rings is 1. The van der Waals surface area contributed by atoms with Crippen LogP contribution in [0.5, 0.6) is 5.75 Å². The highest BCUT2D eigenvalue weighted by Crippen LogP contribution is 2.32. The maximum Gasteiger partial charge on any atom is 0.239 e. The average Bonchev–Trinajstić information content (AvgIpc) is 2.74. The molecule has 1 saturated heterocycles. The molecule has 2 aliphatic rings. The van der Waals surface area contributed by atoms with E-state index in [4.69, 9.17) is 4.74 Å². The molecule has 2 heterocycles. The van der Waals surface area contributed by atoms with Gasteiger partial charge in [0.25, 0.3) is 0 Å². The van der Waals surface area contributed by atoms with E-state index in [0.29, 0.717) is 6.61 Å². The van der Waals surface area contributed by atoms with Crippen molar-refractivity contribution in [3.8, 4) is 5.75 Å². The van der Waals surface area contributed by atoms with Crippen molar-refractivity contribution in [1.82, 2.24) is 10.2 Å². The van der Waals surface area contributed by atoms with Crippen LogP contribution in [0.3, 0.4) is 0 Å². The Morgan fingerprint density at radius 2 is 1.95 bits per heavy atom. The third kappa shape index (κ3) is 3.21. The van der Waals surface area contributed by atoms with Crippen LogP contribution in [-0.4, -0.2) is 36.5 Å². The molecular formula is C17H24N2O2. The maximum atomic E-state index is 12.6. The number of hydrogen-bond acceptors (Lipinski definition) is 3. The zero-order chi connectivity index (χ0) is 14.7. The molecule has 114 valence electrons. The van der Waals surface area contributed by atoms with Crippen LogP contribution in [0.15, 0.2) is 24.3 Å². The summed E-state index contributed by atoms with van der Waals surface area (Å²) < 4.78 is 5.67. The van der Waals surface area contributed by atoms with Gasteiger partial charge in [0.1, 0.15) is 12.4 Å². The monoisotopic (exact) mass is 288 g/mol. The Bertz CT molecular complexity index is 495. The summed E-state index contributed by atoms with van der Waals surface area (Å²) in [5.74, 6) is 1.16. The van der Waals surface area contributed by atoms with Gasteiger partial charge in [0.15, 0.2) is 0 Å². The number of ether oxygens (including phenoxy) is 1. The van der Waals surface area contributed by atoms with Gasteiger partial charge in [-0.1, -0.05) is 31.0 Å². The molecule has 0 radical (unpaired) electrons. The zero-order valence-electron chi connectivity index (χ0n) is 12.7. The summed E-state index contributed by atoms with van der Waals surface area (Å²) in [4.78, 5) is 14.6. The molecule has 3 rings (SSSR count). The molecule has 0 aromatic heterocycles. The second-order valence-corrected chi connectivity index (χ2v) is 6.03. The highest BCUT2D eigenvalue weighted by Gasteiger charge is 2.28. The molecule has 4 nitrogen and oxygen atoms in total. The first-order valence-electron chi connectivity index (χ1n) is 8.02.